The summed E-state index contributed by atoms with van der Waals surface area (Å²) in [5.41, 5.74) is 10.7. The van der Waals surface area contributed by atoms with Crippen molar-refractivity contribution in [1.29, 1.82) is 0 Å². The molecule has 0 bridgehead atoms. The minimum Gasteiger partial charge on any atom is -0.344 e. The zero-order valence-corrected chi connectivity index (χ0v) is 24.0. The predicted molar refractivity (Wildman–Crippen MR) is 183 cm³/mol. The minimum atomic E-state index is 1.12. The zero-order chi connectivity index (χ0) is 28.8. The quantitative estimate of drug-likeness (QED) is 0.207. The van der Waals surface area contributed by atoms with Crippen LogP contribution in [0, 0.1) is 0 Å². The second-order valence-corrected chi connectivity index (χ2v) is 11.1. The van der Waals surface area contributed by atoms with Crippen LogP contribution in [-0.2, 0) is 7.05 Å². The van der Waals surface area contributed by atoms with Crippen LogP contribution in [-0.4, -0.2) is 4.57 Å². The summed E-state index contributed by atoms with van der Waals surface area (Å²) in [6.07, 6.45) is 0. The molecule has 43 heavy (non-hydrogen) atoms. The summed E-state index contributed by atoms with van der Waals surface area (Å²) in [6, 6.07) is 58.9. The summed E-state index contributed by atoms with van der Waals surface area (Å²) in [5, 5.41) is 5.21. The second kappa shape index (κ2) is 10.3. The molecule has 0 aliphatic carbocycles. The van der Waals surface area contributed by atoms with Crippen LogP contribution in [0.4, 0.5) is 17.1 Å². The van der Waals surface area contributed by atoms with E-state index < -0.39 is 0 Å². The van der Waals surface area contributed by atoms with Crippen LogP contribution in [0.1, 0.15) is 0 Å². The zero-order valence-electron chi connectivity index (χ0n) is 24.0. The molecule has 0 atom stereocenters. The summed E-state index contributed by atoms with van der Waals surface area (Å²) in [4.78, 5) is 2.33. The van der Waals surface area contributed by atoms with Gasteiger partial charge >= 0.3 is 0 Å². The van der Waals surface area contributed by atoms with Crippen molar-refractivity contribution in [2.45, 2.75) is 0 Å². The first-order valence-electron chi connectivity index (χ1n) is 14.8. The number of aryl methyl sites for hydroxylation is 1. The Labute approximate surface area is 251 Å². The van der Waals surface area contributed by atoms with Crippen LogP contribution in [0.25, 0.3) is 54.8 Å². The molecule has 0 unspecified atom stereocenters. The molecule has 7 aromatic carbocycles. The molecular formula is C41H30N2. The Morgan fingerprint density at radius 2 is 1.00 bits per heavy atom. The molecule has 0 aliphatic rings. The highest BCUT2D eigenvalue weighted by Gasteiger charge is 2.15. The second-order valence-electron chi connectivity index (χ2n) is 11.1. The lowest BCUT2D eigenvalue weighted by Crippen LogP contribution is -2.09. The van der Waals surface area contributed by atoms with E-state index in [0.717, 1.165) is 17.1 Å². The molecule has 0 spiro atoms. The first-order chi connectivity index (χ1) is 21.2. The molecule has 0 saturated carbocycles. The monoisotopic (exact) mass is 550 g/mol. The van der Waals surface area contributed by atoms with Crippen LogP contribution in [0.2, 0.25) is 0 Å². The van der Waals surface area contributed by atoms with Crippen LogP contribution < -0.4 is 4.90 Å². The van der Waals surface area contributed by atoms with Crippen LogP contribution in [0.15, 0.2) is 164 Å². The highest BCUT2D eigenvalue weighted by Crippen LogP contribution is 2.39. The van der Waals surface area contributed by atoms with Crippen molar-refractivity contribution in [3.05, 3.63) is 164 Å². The van der Waals surface area contributed by atoms with E-state index in [4.69, 9.17) is 0 Å². The molecule has 2 heteroatoms. The molecule has 1 heterocycles. The number of nitrogens with zero attached hydrogens (tertiary/aromatic N) is 2. The Kier molecular flexibility index (Phi) is 6.05. The van der Waals surface area contributed by atoms with E-state index in [2.05, 4.69) is 180 Å². The molecular weight excluding hydrogens is 520 g/mol. The van der Waals surface area contributed by atoms with E-state index in [-0.39, 0.29) is 0 Å². The van der Waals surface area contributed by atoms with Gasteiger partial charge in [0.15, 0.2) is 0 Å². The molecule has 204 valence electrons. The van der Waals surface area contributed by atoms with Gasteiger partial charge in [0.25, 0.3) is 0 Å². The molecule has 0 fully saturated rings. The number of rotatable bonds is 5. The minimum absolute atomic E-state index is 1.12. The van der Waals surface area contributed by atoms with Crippen molar-refractivity contribution in [2.75, 3.05) is 4.90 Å². The van der Waals surface area contributed by atoms with Crippen molar-refractivity contribution in [1.82, 2.24) is 4.57 Å². The third-order valence-corrected chi connectivity index (χ3v) is 8.58. The lowest BCUT2D eigenvalue weighted by atomic mass is 10.0. The molecule has 0 N–H and O–H groups in total. The average Bonchev–Trinajstić information content (AvgIpc) is 3.37. The summed E-state index contributed by atoms with van der Waals surface area (Å²) in [7, 11) is 2.17. The smallest absolute Gasteiger partial charge is 0.0495 e. The molecule has 2 nitrogen and oxygen atoms in total. The standard InChI is InChI=1S/C41H30N2/c1-42-39-26-22-31-13-8-9-18-37(31)41(39)38-25-21-33(28-40(38)42)30-19-23-35(24-20-30)43(34-15-6-3-7-16-34)36-17-10-14-32(27-36)29-11-4-2-5-12-29/h2-28H,1H3. The topological polar surface area (TPSA) is 8.17 Å². The van der Waals surface area contributed by atoms with Gasteiger partial charge in [-0.1, -0.05) is 115 Å². The maximum atomic E-state index is 2.33. The Balaban J connectivity index is 1.20. The first-order valence-corrected chi connectivity index (χ1v) is 14.8. The number of hydrogen-bond acceptors (Lipinski definition) is 1. The fourth-order valence-corrected chi connectivity index (χ4v) is 6.43. The van der Waals surface area contributed by atoms with Gasteiger partial charge in [0, 0.05) is 45.9 Å². The van der Waals surface area contributed by atoms with Crippen LogP contribution in [0.3, 0.4) is 0 Å². The van der Waals surface area contributed by atoms with Gasteiger partial charge in [-0.3, -0.25) is 0 Å². The molecule has 0 aliphatic heterocycles. The summed E-state index contributed by atoms with van der Waals surface area (Å²) in [6.45, 7) is 0. The van der Waals surface area contributed by atoms with E-state index in [0.29, 0.717) is 0 Å². The predicted octanol–water partition coefficient (Wildman–Crippen LogP) is 11.3. The summed E-state index contributed by atoms with van der Waals surface area (Å²) >= 11 is 0. The lowest BCUT2D eigenvalue weighted by molar-refractivity contribution is 1.01. The Morgan fingerprint density at radius 3 is 1.81 bits per heavy atom. The molecule has 0 amide bonds. The highest BCUT2D eigenvalue weighted by atomic mass is 15.1. The van der Waals surface area contributed by atoms with E-state index >= 15 is 0 Å². The molecule has 0 saturated heterocycles. The third kappa shape index (κ3) is 4.36. The van der Waals surface area contributed by atoms with Gasteiger partial charge in [-0.25, -0.2) is 0 Å². The largest absolute Gasteiger partial charge is 0.344 e. The molecule has 1 aromatic heterocycles. The number of hydrogen-bond donors (Lipinski definition) is 0. The molecule has 8 aromatic rings. The number of fused-ring (bicyclic) bond motifs is 5. The van der Waals surface area contributed by atoms with Gasteiger partial charge in [0.05, 0.1) is 0 Å². The number of anilines is 3. The SMILES string of the molecule is Cn1c2cc(-c3ccc(N(c4ccccc4)c4cccc(-c5ccccc5)c4)cc3)ccc2c2c3ccccc3ccc21. The highest BCUT2D eigenvalue weighted by molar-refractivity contribution is 6.21. The molecule has 0 radical (unpaired) electrons. The van der Waals surface area contributed by atoms with E-state index in [1.165, 1.54) is 54.8 Å². The van der Waals surface area contributed by atoms with Crippen molar-refractivity contribution in [3.63, 3.8) is 0 Å². The molecule has 8 rings (SSSR count). The van der Waals surface area contributed by atoms with Gasteiger partial charge in [0.1, 0.15) is 0 Å². The van der Waals surface area contributed by atoms with Gasteiger partial charge in [-0.2, -0.15) is 0 Å². The normalized spacial score (nSPS) is 11.4. The van der Waals surface area contributed by atoms with Gasteiger partial charge in [-0.15, -0.1) is 0 Å². The Morgan fingerprint density at radius 1 is 0.395 bits per heavy atom. The van der Waals surface area contributed by atoms with Crippen molar-refractivity contribution in [3.8, 4) is 22.3 Å². The number of aromatic nitrogens is 1. The fraction of sp³-hybridized carbons (Fsp3) is 0.0244. The maximum Gasteiger partial charge on any atom is 0.0495 e. The van der Waals surface area contributed by atoms with Crippen molar-refractivity contribution < 1.29 is 0 Å². The van der Waals surface area contributed by atoms with Crippen LogP contribution >= 0.6 is 0 Å². The Hall–Kier alpha value is -5.60. The average molecular weight is 551 g/mol. The Bertz CT molecular complexity index is 2230. The first kappa shape index (κ1) is 25.1. The van der Waals surface area contributed by atoms with Crippen molar-refractivity contribution in [2.24, 2.45) is 7.05 Å². The van der Waals surface area contributed by atoms with E-state index in [1.807, 2.05) is 0 Å². The maximum absolute atomic E-state index is 2.33. The van der Waals surface area contributed by atoms with Gasteiger partial charge < -0.3 is 9.47 Å². The van der Waals surface area contributed by atoms with Gasteiger partial charge in [-0.05, 0) is 81.6 Å². The lowest BCUT2D eigenvalue weighted by Gasteiger charge is -2.26. The number of para-hydroxylation sites is 1. The van der Waals surface area contributed by atoms with Crippen molar-refractivity contribution >= 4 is 49.6 Å². The fourth-order valence-electron chi connectivity index (χ4n) is 6.43. The van der Waals surface area contributed by atoms with E-state index in [9.17, 15) is 0 Å². The number of benzene rings is 7. The van der Waals surface area contributed by atoms with Crippen LogP contribution in [0.5, 0.6) is 0 Å². The third-order valence-electron chi connectivity index (χ3n) is 8.58. The summed E-state index contributed by atoms with van der Waals surface area (Å²) < 4.78 is 2.33. The van der Waals surface area contributed by atoms with Gasteiger partial charge in [0.2, 0.25) is 0 Å². The van der Waals surface area contributed by atoms with E-state index in [1.54, 1.807) is 0 Å². The summed E-state index contributed by atoms with van der Waals surface area (Å²) in [5.74, 6) is 0.